The molecule has 0 unspecified atom stereocenters. The molecular formula is C15H16N2O2S4. The topological polar surface area (TPSA) is 59.1 Å². The lowest BCUT2D eigenvalue weighted by atomic mass is 10.4. The average molecular weight is 385 g/mol. The molecule has 4 nitrogen and oxygen atoms in total. The fraction of sp³-hybridized carbons (Fsp3) is 0.267. The Morgan fingerprint density at radius 3 is 2.57 bits per heavy atom. The van der Waals surface area contributed by atoms with Crippen LogP contribution in [0, 0.1) is 20.8 Å². The van der Waals surface area contributed by atoms with Crippen LogP contribution in [0.5, 0.6) is 0 Å². The van der Waals surface area contributed by atoms with Crippen LogP contribution >= 0.6 is 34.0 Å². The predicted octanol–water partition coefficient (Wildman–Crippen LogP) is 4.34. The van der Waals surface area contributed by atoms with Gasteiger partial charge < -0.3 is 0 Å². The Kier molecular flexibility index (Phi) is 4.70. The van der Waals surface area contributed by atoms with Gasteiger partial charge in [-0.25, -0.2) is 18.1 Å². The van der Waals surface area contributed by atoms with E-state index in [1.54, 1.807) is 17.4 Å². The molecule has 0 saturated heterocycles. The van der Waals surface area contributed by atoms with Crippen LogP contribution < -0.4 is 4.72 Å². The highest BCUT2D eigenvalue weighted by Gasteiger charge is 2.21. The summed E-state index contributed by atoms with van der Waals surface area (Å²) in [5.74, 6) is 0. The normalized spacial score (nSPS) is 12.0. The molecule has 0 atom stereocenters. The fourth-order valence-electron chi connectivity index (χ4n) is 2.07. The van der Waals surface area contributed by atoms with Crippen molar-refractivity contribution < 1.29 is 8.42 Å². The minimum absolute atomic E-state index is 0.320. The van der Waals surface area contributed by atoms with Crippen molar-refractivity contribution in [2.45, 2.75) is 32.2 Å². The minimum atomic E-state index is -3.51. The van der Waals surface area contributed by atoms with Crippen molar-refractivity contribution in [3.8, 4) is 9.88 Å². The van der Waals surface area contributed by atoms with Gasteiger partial charge in [0.2, 0.25) is 10.0 Å². The number of aryl methyl sites for hydroxylation is 3. The first kappa shape index (κ1) is 16.8. The summed E-state index contributed by atoms with van der Waals surface area (Å²) in [5, 5.41) is 2.82. The number of aromatic nitrogens is 1. The molecule has 0 bridgehead atoms. The van der Waals surface area contributed by atoms with E-state index in [1.807, 2.05) is 38.3 Å². The first-order valence-corrected chi connectivity index (χ1v) is 10.9. The van der Waals surface area contributed by atoms with Crippen molar-refractivity contribution in [2.24, 2.45) is 0 Å². The third-order valence-electron chi connectivity index (χ3n) is 3.42. The first-order valence-electron chi connectivity index (χ1n) is 6.93. The monoisotopic (exact) mass is 384 g/mol. The van der Waals surface area contributed by atoms with Crippen LogP contribution in [-0.4, -0.2) is 13.4 Å². The van der Waals surface area contributed by atoms with Crippen LogP contribution in [0.3, 0.4) is 0 Å². The molecule has 0 saturated carbocycles. The maximum Gasteiger partial charge on any atom is 0.242 e. The van der Waals surface area contributed by atoms with Crippen molar-refractivity contribution in [3.05, 3.63) is 43.9 Å². The molecule has 8 heteroatoms. The molecule has 1 N–H and O–H groups in total. The molecule has 0 spiro atoms. The third kappa shape index (κ3) is 3.56. The number of hydrogen-bond acceptors (Lipinski definition) is 6. The summed E-state index contributed by atoms with van der Waals surface area (Å²) in [6, 6.07) is 5.56. The van der Waals surface area contributed by atoms with Gasteiger partial charge in [0.15, 0.2) is 0 Å². The number of rotatable bonds is 5. The lowest BCUT2D eigenvalue weighted by Crippen LogP contribution is -2.22. The van der Waals surface area contributed by atoms with Gasteiger partial charge in [0.1, 0.15) is 5.01 Å². The Morgan fingerprint density at radius 2 is 1.96 bits per heavy atom. The molecule has 3 aromatic rings. The van der Waals surface area contributed by atoms with E-state index in [9.17, 15) is 8.42 Å². The molecule has 0 aromatic carbocycles. The van der Waals surface area contributed by atoms with E-state index in [1.165, 1.54) is 22.7 Å². The zero-order valence-corrected chi connectivity index (χ0v) is 16.2. The summed E-state index contributed by atoms with van der Waals surface area (Å²) in [6.07, 6.45) is 0. The van der Waals surface area contributed by atoms with Gasteiger partial charge in [-0.2, -0.15) is 0 Å². The standard InChI is InChI=1S/C15H16N2O2S4/c1-9-10(2)22-15(17-9)13-7-14(11(3)21-13)23(18,19)16-8-12-5-4-6-20-12/h4-7,16H,8H2,1-3H3. The van der Waals surface area contributed by atoms with Crippen LogP contribution in [0.15, 0.2) is 28.5 Å². The SMILES string of the molecule is Cc1nc(-c2cc(S(=O)(=O)NCc3cccs3)c(C)s2)sc1C. The largest absolute Gasteiger partial charge is 0.242 e. The number of sulfonamides is 1. The van der Waals surface area contributed by atoms with E-state index in [-0.39, 0.29) is 0 Å². The fourth-order valence-corrected chi connectivity index (χ4v) is 6.36. The van der Waals surface area contributed by atoms with Gasteiger partial charge in [0, 0.05) is 21.2 Å². The van der Waals surface area contributed by atoms with Gasteiger partial charge in [0.05, 0.1) is 15.5 Å². The van der Waals surface area contributed by atoms with E-state index >= 15 is 0 Å². The molecular weight excluding hydrogens is 368 g/mol. The zero-order chi connectivity index (χ0) is 16.6. The van der Waals surface area contributed by atoms with Gasteiger partial charge in [-0.15, -0.1) is 34.0 Å². The summed E-state index contributed by atoms with van der Waals surface area (Å²) in [7, 11) is -3.51. The lowest BCUT2D eigenvalue weighted by Gasteiger charge is -2.04. The van der Waals surface area contributed by atoms with Crippen LogP contribution in [-0.2, 0) is 16.6 Å². The number of nitrogens with one attached hydrogen (secondary N) is 1. The summed E-state index contributed by atoms with van der Waals surface area (Å²) >= 11 is 4.61. The maximum atomic E-state index is 12.5. The minimum Gasteiger partial charge on any atom is -0.240 e. The summed E-state index contributed by atoms with van der Waals surface area (Å²) in [5.41, 5.74) is 0.997. The molecule has 0 fully saturated rings. The number of nitrogens with zero attached hydrogens (tertiary/aromatic N) is 1. The molecule has 122 valence electrons. The van der Waals surface area contributed by atoms with Crippen molar-refractivity contribution in [2.75, 3.05) is 0 Å². The van der Waals surface area contributed by atoms with Gasteiger partial charge >= 0.3 is 0 Å². The Hall–Kier alpha value is -1.06. The Bertz CT molecular complexity index is 901. The average Bonchev–Trinajstić information content (AvgIpc) is 3.19. The third-order valence-corrected chi connectivity index (χ3v) is 8.24. The van der Waals surface area contributed by atoms with Gasteiger partial charge in [-0.05, 0) is 38.3 Å². The molecule has 0 aliphatic heterocycles. The number of hydrogen-bond donors (Lipinski definition) is 1. The molecule has 3 aromatic heterocycles. The second kappa shape index (κ2) is 6.45. The number of thiophene rings is 2. The highest BCUT2D eigenvalue weighted by atomic mass is 32.2. The molecule has 0 amide bonds. The van der Waals surface area contributed by atoms with Crippen LogP contribution in [0.4, 0.5) is 0 Å². The number of thiazole rings is 1. The Balaban J connectivity index is 1.87. The molecule has 3 heterocycles. The van der Waals surface area contributed by atoms with E-state index in [4.69, 9.17) is 0 Å². The van der Waals surface area contributed by atoms with Crippen molar-refractivity contribution in [3.63, 3.8) is 0 Å². The highest BCUT2D eigenvalue weighted by Crippen LogP contribution is 2.36. The Labute approximate surface area is 147 Å². The van der Waals surface area contributed by atoms with Crippen LogP contribution in [0.25, 0.3) is 9.88 Å². The van der Waals surface area contributed by atoms with E-state index in [0.717, 1.165) is 30.2 Å². The molecule has 0 aliphatic carbocycles. The summed E-state index contributed by atoms with van der Waals surface area (Å²) in [4.78, 5) is 8.70. The molecule has 3 rings (SSSR count). The molecule has 23 heavy (non-hydrogen) atoms. The van der Waals surface area contributed by atoms with Crippen molar-refractivity contribution in [1.29, 1.82) is 0 Å². The summed E-state index contributed by atoms with van der Waals surface area (Å²) in [6.45, 7) is 6.15. The molecule has 0 radical (unpaired) electrons. The quantitative estimate of drug-likeness (QED) is 0.712. The maximum absolute atomic E-state index is 12.5. The van der Waals surface area contributed by atoms with Crippen molar-refractivity contribution >= 4 is 44.0 Å². The lowest BCUT2D eigenvalue weighted by molar-refractivity contribution is 0.581. The smallest absolute Gasteiger partial charge is 0.240 e. The second-order valence-corrected chi connectivity index (χ2v) is 10.3. The first-order chi connectivity index (χ1) is 10.9. The van der Waals surface area contributed by atoms with Crippen LogP contribution in [0.1, 0.15) is 20.3 Å². The zero-order valence-electron chi connectivity index (χ0n) is 12.9. The van der Waals surface area contributed by atoms with E-state index < -0.39 is 10.0 Å². The summed E-state index contributed by atoms with van der Waals surface area (Å²) < 4.78 is 27.8. The Morgan fingerprint density at radius 1 is 1.17 bits per heavy atom. The van der Waals surface area contributed by atoms with Gasteiger partial charge in [0.25, 0.3) is 0 Å². The van der Waals surface area contributed by atoms with Crippen LogP contribution in [0.2, 0.25) is 0 Å². The highest BCUT2D eigenvalue weighted by molar-refractivity contribution is 7.89. The predicted molar refractivity (Wildman–Crippen MR) is 98.0 cm³/mol. The van der Waals surface area contributed by atoms with Crippen molar-refractivity contribution in [1.82, 2.24) is 9.71 Å². The molecule has 0 aliphatic rings. The van der Waals surface area contributed by atoms with Gasteiger partial charge in [-0.1, -0.05) is 6.07 Å². The second-order valence-electron chi connectivity index (χ2n) is 5.10. The van der Waals surface area contributed by atoms with Gasteiger partial charge in [-0.3, -0.25) is 0 Å². The van der Waals surface area contributed by atoms with E-state index in [2.05, 4.69) is 9.71 Å². The van der Waals surface area contributed by atoms with E-state index in [0.29, 0.717) is 11.4 Å².